The van der Waals surface area contributed by atoms with Crippen molar-refractivity contribution in [3.8, 4) is 17.0 Å². The maximum Gasteiger partial charge on any atom is 0.405 e. The number of pyridine rings is 1. The molecule has 2 aromatic rings. The maximum atomic E-state index is 13.3. The molecular weight excluding hydrogens is 448 g/mol. The minimum Gasteiger partial charge on any atom is -0.497 e. The second-order valence-electron chi connectivity index (χ2n) is 7.49. The Balaban J connectivity index is 1.95. The van der Waals surface area contributed by atoms with Crippen LogP contribution >= 0.6 is 11.6 Å². The first-order chi connectivity index (χ1) is 15.2. The van der Waals surface area contributed by atoms with Gasteiger partial charge in [0.1, 0.15) is 5.75 Å². The van der Waals surface area contributed by atoms with E-state index < -0.39 is 24.2 Å². The number of hydrogen-bond acceptors (Lipinski definition) is 7. The minimum atomic E-state index is -3.13. The van der Waals surface area contributed by atoms with Gasteiger partial charge in [-0.25, -0.2) is 13.6 Å². The molecule has 1 saturated heterocycles. The highest BCUT2D eigenvalue weighted by atomic mass is 35.5. The second kappa shape index (κ2) is 9.85. The van der Waals surface area contributed by atoms with Gasteiger partial charge in [-0.15, -0.1) is 0 Å². The lowest BCUT2D eigenvalue weighted by atomic mass is 9.86. The lowest BCUT2D eigenvalue weighted by Gasteiger charge is -2.45. The summed E-state index contributed by atoms with van der Waals surface area (Å²) < 4.78 is 36.8. The monoisotopic (exact) mass is 471 g/mol. The molecule has 2 heterocycles. The molecule has 11 heteroatoms. The highest BCUT2D eigenvalue weighted by molar-refractivity contribution is 6.33. The number of alkyl halides is 2. The number of piperidine rings is 1. The zero-order valence-electron chi connectivity index (χ0n) is 17.3. The molecule has 32 heavy (non-hydrogen) atoms. The fraction of sp³-hybridized carbons (Fsp3) is 0.429. The number of nitrogens with two attached hydrogens (primary N) is 1. The number of hydrogen-bond donors (Lipinski definition) is 3. The van der Waals surface area contributed by atoms with Gasteiger partial charge < -0.3 is 30.3 Å². The number of anilines is 1. The van der Waals surface area contributed by atoms with Crippen LogP contribution in [0, 0.1) is 0 Å². The molecule has 3 rings (SSSR count). The maximum absolute atomic E-state index is 13.3. The van der Waals surface area contributed by atoms with Crippen molar-refractivity contribution in [1.82, 2.24) is 4.98 Å². The number of carbonyl (C=O) groups is 1. The topological polar surface area (TPSA) is 118 Å². The van der Waals surface area contributed by atoms with E-state index in [-0.39, 0.29) is 19.6 Å². The van der Waals surface area contributed by atoms with E-state index in [1.165, 1.54) is 13.3 Å². The summed E-state index contributed by atoms with van der Waals surface area (Å²) in [5.74, 6) is 0.578. The van der Waals surface area contributed by atoms with E-state index in [1.807, 2.05) is 0 Å². The SMILES string of the molecule is COc1ccc(-c2cc(CO)c(N3CCCC(OC(N)=O)(C(O)C(F)F)C3)cn2)c(Cl)c1. The molecule has 1 amide bonds. The highest BCUT2D eigenvalue weighted by Gasteiger charge is 2.49. The predicted octanol–water partition coefficient (Wildman–Crippen LogP) is 2.96. The van der Waals surface area contributed by atoms with Crippen molar-refractivity contribution in [2.45, 2.75) is 37.6 Å². The van der Waals surface area contributed by atoms with Crippen LogP contribution in [0.15, 0.2) is 30.5 Å². The average molecular weight is 472 g/mol. The first-order valence-corrected chi connectivity index (χ1v) is 10.2. The van der Waals surface area contributed by atoms with E-state index in [9.17, 15) is 23.8 Å². The van der Waals surface area contributed by atoms with Crippen LogP contribution in [-0.4, -0.2) is 59.6 Å². The average Bonchev–Trinajstić information content (AvgIpc) is 2.77. The molecule has 4 N–H and O–H groups in total. The number of aromatic nitrogens is 1. The minimum absolute atomic E-state index is 0.0133. The summed E-state index contributed by atoms with van der Waals surface area (Å²) in [6.07, 6.45) is -4.77. The van der Waals surface area contributed by atoms with Crippen LogP contribution in [0.3, 0.4) is 0 Å². The lowest BCUT2D eigenvalue weighted by Crippen LogP contribution is -2.60. The van der Waals surface area contributed by atoms with Gasteiger partial charge in [0, 0.05) is 17.7 Å². The third kappa shape index (κ3) is 4.87. The van der Waals surface area contributed by atoms with Crippen molar-refractivity contribution in [3.05, 3.63) is 41.0 Å². The van der Waals surface area contributed by atoms with Crippen molar-refractivity contribution in [2.24, 2.45) is 5.73 Å². The number of amides is 1. The molecule has 1 fully saturated rings. The molecule has 2 unspecified atom stereocenters. The Hall–Kier alpha value is -2.69. The highest BCUT2D eigenvalue weighted by Crippen LogP contribution is 2.37. The fourth-order valence-electron chi connectivity index (χ4n) is 3.95. The summed E-state index contributed by atoms with van der Waals surface area (Å²) in [4.78, 5) is 17.4. The number of methoxy groups -OCH3 is 1. The molecule has 0 aliphatic carbocycles. The first-order valence-electron chi connectivity index (χ1n) is 9.84. The fourth-order valence-corrected chi connectivity index (χ4v) is 4.22. The van der Waals surface area contributed by atoms with Gasteiger partial charge in [-0.3, -0.25) is 4.98 Å². The third-order valence-electron chi connectivity index (χ3n) is 5.50. The normalized spacial score (nSPS) is 19.7. The summed E-state index contributed by atoms with van der Waals surface area (Å²) in [7, 11) is 1.52. The molecule has 1 aliphatic rings. The zero-order valence-corrected chi connectivity index (χ0v) is 18.1. The predicted molar refractivity (Wildman–Crippen MR) is 114 cm³/mol. The number of aliphatic hydroxyl groups is 2. The summed E-state index contributed by atoms with van der Waals surface area (Å²) in [5, 5.41) is 20.5. The summed E-state index contributed by atoms with van der Waals surface area (Å²) in [6, 6.07) is 6.73. The van der Waals surface area contributed by atoms with Crippen molar-refractivity contribution < 1.29 is 33.3 Å². The molecule has 0 saturated carbocycles. The standard InChI is InChI=1S/C21H24ClF2N3O5/c1-31-13-3-4-14(15(22)8-13)16-7-12(10-28)17(9-26-16)27-6-2-5-21(11-27,32-20(25)30)18(29)19(23)24/h3-4,7-9,18-19,28-29H,2,5-6,10-11H2,1H3,(H2,25,30). The second-order valence-corrected chi connectivity index (χ2v) is 7.90. The van der Waals surface area contributed by atoms with E-state index in [0.29, 0.717) is 46.2 Å². The number of benzene rings is 1. The molecule has 1 aromatic heterocycles. The zero-order chi connectivity index (χ0) is 23.5. The number of carbonyl (C=O) groups excluding carboxylic acids is 1. The van der Waals surface area contributed by atoms with Gasteiger partial charge in [0.05, 0.1) is 42.9 Å². The van der Waals surface area contributed by atoms with E-state index in [1.54, 1.807) is 29.2 Å². The van der Waals surface area contributed by atoms with Crippen LogP contribution in [0.4, 0.5) is 19.3 Å². The van der Waals surface area contributed by atoms with Crippen LogP contribution in [0.1, 0.15) is 18.4 Å². The molecule has 0 bridgehead atoms. The Labute approximate surface area is 188 Å². The van der Waals surface area contributed by atoms with E-state index in [4.69, 9.17) is 26.8 Å². The number of primary amides is 1. The Bertz CT molecular complexity index is 980. The molecule has 1 aliphatic heterocycles. The van der Waals surface area contributed by atoms with Crippen LogP contribution in [0.5, 0.6) is 5.75 Å². The van der Waals surface area contributed by atoms with Gasteiger partial charge in [-0.1, -0.05) is 11.6 Å². The first kappa shape index (κ1) is 24.0. The van der Waals surface area contributed by atoms with Gasteiger partial charge in [0.2, 0.25) is 0 Å². The number of aliphatic hydroxyl groups excluding tert-OH is 2. The van der Waals surface area contributed by atoms with E-state index in [2.05, 4.69) is 4.98 Å². The number of nitrogens with zero attached hydrogens (tertiary/aromatic N) is 2. The van der Waals surface area contributed by atoms with E-state index >= 15 is 0 Å². The Morgan fingerprint density at radius 1 is 1.41 bits per heavy atom. The van der Waals surface area contributed by atoms with Crippen LogP contribution in [0.25, 0.3) is 11.3 Å². The van der Waals surface area contributed by atoms with Gasteiger partial charge in [-0.2, -0.15) is 0 Å². The molecule has 0 spiro atoms. The van der Waals surface area contributed by atoms with Crippen molar-refractivity contribution in [3.63, 3.8) is 0 Å². The Morgan fingerprint density at radius 3 is 2.75 bits per heavy atom. The number of ether oxygens (including phenoxy) is 2. The van der Waals surface area contributed by atoms with Gasteiger partial charge in [0.15, 0.2) is 11.7 Å². The number of rotatable bonds is 7. The van der Waals surface area contributed by atoms with Crippen molar-refractivity contribution in [2.75, 3.05) is 25.1 Å². The molecule has 174 valence electrons. The summed E-state index contributed by atoms with van der Waals surface area (Å²) in [5.41, 5.74) is 5.24. The van der Waals surface area contributed by atoms with Crippen LogP contribution in [-0.2, 0) is 11.3 Å². The Morgan fingerprint density at radius 2 is 2.16 bits per heavy atom. The molecular formula is C21H24ClF2N3O5. The molecule has 0 radical (unpaired) electrons. The Kier molecular flexibility index (Phi) is 7.37. The van der Waals surface area contributed by atoms with Crippen LogP contribution in [0.2, 0.25) is 5.02 Å². The largest absolute Gasteiger partial charge is 0.497 e. The third-order valence-corrected chi connectivity index (χ3v) is 5.81. The molecule has 2 atom stereocenters. The lowest BCUT2D eigenvalue weighted by molar-refractivity contribution is -0.141. The molecule has 1 aromatic carbocycles. The van der Waals surface area contributed by atoms with Gasteiger partial charge in [0.25, 0.3) is 6.43 Å². The van der Waals surface area contributed by atoms with E-state index in [0.717, 1.165) is 0 Å². The van der Waals surface area contributed by atoms with Crippen molar-refractivity contribution >= 4 is 23.4 Å². The quantitative estimate of drug-likeness (QED) is 0.568. The van der Waals surface area contributed by atoms with Gasteiger partial charge in [-0.05, 0) is 37.1 Å². The summed E-state index contributed by atoms with van der Waals surface area (Å²) >= 11 is 6.32. The molecule has 8 nitrogen and oxygen atoms in total. The van der Waals surface area contributed by atoms with Crippen molar-refractivity contribution in [1.29, 1.82) is 0 Å². The number of halogens is 3. The van der Waals surface area contributed by atoms with Gasteiger partial charge >= 0.3 is 6.09 Å². The summed E-state index contributed by atoms with van der Waals surface area (Å²) in [6.45, 7) is -0.188. The smallest absolute Gasteiger partial charge is 0.405 e. The van der Waals surface area contributed by atoms with Crippen LogP contribution < -0.4 is 15.4 Å².